The molecule has 3 N–H and O–H groups in total. The van der Waals surface area contributed by atoms with Crippen LogP contribution in [0.1, 0.15) is 43.0 Å². The van der Waals surface area contributed by atoms with E-state index in [4.69, 9.17) is 10.5 Å². The number of ether oxygens (including phenoxy) is 1. The SMILES string of the molecule is CCCSc1nc2n(n1)C(c1ccc(OCc3ccccc3C)cc1)C(C(N)=O)=C(C)N2. The largest absolute Gasteiger partial charge is 0.489 e. The van der Waals surface area contributed by atoms with Crippen molar-refractivity contribution in [3.63, 3.8) is 0 Å². The van der Waals surface area contributed by atoms with Crippen LogP contribution in [-0.4, -0.2) is 26.4 Å². The molecule has 0 saturated carbocycles. The third-order valence-corrected chi connectivity index (χ3v) is 6.43. The van der Waals surface area contributed by atoms with Crippen LogP contribution in [0.5, 0.6) is 5.75 Å². The van der Waals surface area contributed by atoms with Gasteiger partial charge >= 0.3 is 0 Å². The molecule has 0 saturated heterocycles. The normalized spacial score (nSPS) is 15.3. The maximum Gasteiger partial charge on any atom is 0.248 e. The Balaban J connectivity index is 1.61. The van der Waals surface area contributed by atoms with Gasteiger partial charge in [-0.05, 0) is 49.1 Å². The van der Waals surface area contributed by atoms with Crippen LogP contribution in [0.25, 0.3) is 0 Å². The number of allylic oxidation sites excluding steroid dienone is 1. The number of primary amides is 1. The maximum atomic E-state index is 12.3. The molecular weight excluding hydrogens is 422 g/mol. The lowest BCUT2D eigenvalue weighted by Gasteiger charge is -2.27. The van der Waals surface area contributed by atoms with E-state index in [9.17, 15) is 4.79 Å². The molecule has 8 heteroatoms. The molecule has 0 fully saturated rings. The summed E-state index contributed by atoms with van der Waals surface area (Å²) in [5.41, 5.74) is 10.2. The molecule has 0 spiro atoms. The number of anilines is 1. The molecule has 1 aromatic heterocycles. The molecule has 32 heavy (non-hydrogen) atoms. The first kappa shape index (κ1) is 22.0. The fraction of sp³-hybridized carbons (Fsp3) is 0.292. The molecule has 0 bridgehead atoms. The number of nitrogens with zero attached hydrogens (tertiary/aromatic N) is 3. The predicted octanol–water partition coefficient (Wildman–Crippen LogP) is 4.44. The molecule has 0 radical (unpaired) electrons. The van der Waals surface area contributed by atoms with E-state index in [1.807, 2.05) is 43.3 Å². The van der Waals surface area contributed by atoms with Gasteiger partial charge in [-0.1, -0.05) is 55.1 Å². The first-order valence-electron chi connectivity index (χ1n) is 10.6. The number of nitrogens with two attached hydrogens (primary N) is 1. The van der Waals surface area contributed by atoms with Gasteiger partial charge in [-0.2, -0.15) is 4.98 Å². The van der Waals surface area contributed by atoms with Gasteiger partial charge in [0.05, 0.1) is 5.57 Å². The van der Waals surface area contributed by atoms with Crippen LogP contribution in [0.2, 0.25) is 0 Å². The number of hydrogen-bond acceptors (Lipinski definition) is 6. The van der Waals surface area contributed by atoms with Crippen molar-refractivity contribution in [3.8, 4) is 5.75 Å². The summed E-state index contributed by atoms with van der Waals surface area (Å²) in [5, 5.41) is 8.50. The summed E-state index contributed by atoms with van der Waals surface area (Å²) >= 11 is 1.59. The molecule has 3 aromatic rings. The summed E-state index contributed by atoms with van der Waals surface area (Å²) in [7, 11) is 0. The Hall–Kier alpha value is -3.26. The molecule has 1 unspecified atom stereocenters. The molecule has 1 aliphatic heterocycles. The number of carbonyl (C=O) groups is 1. The number of aryl methyl sites for hydroxylation is 1. The molecule has 4 rings (SSSR count). The minimum Gasteiger partial charge on any atom is -0.489 e. The van der Waals surface area contributed by atoms with Gasteiger partial charge in [0.2, 0.25) is 17.0 Å². The van der Waals surface area contributed by atoms with Crippen LogP contribution < -0.4 is 15.8 Å². The third-order valence-electron chi connectivity index (χ3n) is 5.39. The number of hydrogen-bond donors (Lipinski definition) is 2. The summed E-state index contributed by atoms with van der Waals surface area (Å²) in [4.78, 5) is 16.9. The standard InChI is InChI=1S/C24H27N5O2S/c1-4-13-32-24-27-23-26-16(3)20(22(25)30)21(29(23)28-24)17-9-11-19(12-10-17)31-14-18-8-6-5-7-15(18)2/h5-12,21H,4,13-14H2,1-3H3,(H2,25,30)(H,26,27,28). The number of thioether (sulfide) groups is 1. The Morgan fingerprint density at radius 3 is 2.62 bits per heavy atom. The zero-order valence-electron chi connectivity index (χ0n) is 18.5. The third kappa shape index (κ3) is 4.50. The maximum absolute atomic E-state index is 12.3. The number of carbonyl (C=O) groups excluding carboxylic acids is 1. The summed E-state index contributed by atoms with van der Waals surface area (Å²) in [5.74, 6) is 1.81. The van der Waals surface area contributed by atoms with Gasteiger partial charge in [0.15, 0.2) is 0 Å². The minimum absolute atomic E-state index is 0.447. The quantitative estimate of drug-likeness (QED) is 0.494. The average molecular weight is 450 g/mol. The summed E-state index contributed by atoms with van der Waals surface area (Å²) in [6, 6.07) is 15.4. The van der Waals surface area contributed by atoms with Crippen molar-refractivity contribution in [2.75, 3.05) is 11.1 Å². The van der Waals surface area contributed by atoms with E-state index in [1.54, 1.807) is 16.4 Å². The Kier molecular flexibility index (Phi) is 6.50. The monoisotopic (exact) mass is 449 g/mol. The highest BCUT2D eigenvalue weighted by molar-refractivity contribution is 7.99. The molecule has 1 atom stereocenters. The number of fused-ring (bicyclic) bond motifs is 1. The lowest BCUT2D eigenvalue weighted by atomic mass is 9.95. The topological polar surface area (TPSA) is 95.1 Å². The second kappa shape index (κ2) is 9.48. The molecule has 2 heterocycles. The summed E-state index contributed by atoms with van der Waals surface area (Å²) in [6.45, 7) is 6.52. The van der Waals surface area contributed by atoms with E-state index in [0.29, 0.717) is 29.0 Å². The molecule has 1 aliphatic rings. The zero-order chi connectivity index (χ0) is 22.7. The number of nitrogens with one attached hydrogen (secondary N) is 1. The Morgan fingerprint density at radius 1 is 1.19 bits per heavy atom. The summed E-state index contributed by atoms with van der Waals surface area (Å²) in [6.07, 6.45) is 1.03. The van der Waals surface area contributed by atoms with Crippen molar-refractivity contribution in [2.24, 2.45) is 5.73 Å². The number of aromatic nitrogens is 3. The van der Waals surface area contributed by atoms with Crippen molar-refractivity contribution >= 4 is 23.6 Å². The molecule has 0 aliphatic carbocycles. The van der Waals surface area contributed by atoms with E-state index in [1.165, 1.54) is 5.56 Å². The van der Waals surface area contributed by atoms with Crippen molar-refractivity contribution in [2.45, 2.75) is 45.0 Å². The average Bonchev–Trinajstić information content (AvgIpc) is 3.18. The van der Waals surface area contributed by atoms with Gasteiger partial charge in [-0.15, -0.1) is 5.10 Å². The van der Waals surface area contributed by atoms with Crippen LogP contribution in [0.15, 0.2) is 65.0 Å². The van der Waals surface area contributed by atoms with Crippen LogP contribution in [0.4, 0.5) is 5.95 Å². The Morgan fingerprint density at radius 2 is 1.94 bits per heavy atom. The van der Waals surface area contributed by atoms with Gasteiger partial charge in [0.1, 0.15) is 18.4 Å². The molecule has 1 amide bonds. The highest BCUT2D eigenvalue weighted by Gasteiger charge is 2.33. The van der Waals surface area contributed by atoms with Gasteiger partial charge in [-0.25, -0.2) is 4.68 Å². The molecular formula is C24H27N5O2S. The van der Waals surface area contributed by atoms with E-state index < -0.39 is 11.9 Å². The lowest BCUT2D eigenvalue weighted by molar-refractivity contribution is -0.115. The second-order valence-corrected chi connectivity index (χ2v) is 8.79. The van der Waals surface area contributed by atoms with Gasteiger partial charge in [-0.3, -0.25) is 4.79 Å². The second-order valence-electron chi connectivity index (χ2n) is 7.73. The van der Waals surface area contributed by atoms with Crippen LogP contribution >= 0.6 is 11.8 Å². The van der Waals surface area contributed by atoms with Gasteiger partial charge in [0.25, 0.3) is 0 Å². The van der Waals surface area contributed by atoms with E-state index in [0.717, 1.165) is 29.1 Å². The van der Waals surface area contributed by atoms with Crippen LogP contribution in [0, 0.1) is 6.92 Å². The Bertz CT molecular complexity index is 1150. The van der Waals surface area contributed by atoms with E-state index >= 15 is 0 Å². The Labute approximate surface area is 192 Å². The molecule has 166 valence electrons. The summed E-state index contributed by atoms with van der Waals surface area (Å²) < 4.78 is 7.72. The van der Waals surface area contributed by atoms with Crippen molar-refractivity contribution in [1.29, 1.82) is 0 Å². The fourth-order valence-corrected chi connectivity index (χ4v) is 4.38. The number of benzene rings is 2. The number of rotatable bonds is 8. The number of amides is 1. The lowest BCUT2D eigenvalue weighted by Crippen LogP contribution is -2.31. The van der Waals surface area contributed by atoms with Crippen molar-refractivity contribution in [3.05, 3.63) is 76.5 Å². The highest BCUT2D eigenvalue weighted by Crippen LogP contribution is 2.36. The van der Waals surface area contributed by atoms with Gasteiger partial charge in [0, 0.05) is 11.4 Å². The van der Waals surface area contributed by atoms with Gasteiger partial charge < -0.3 is 15.8 Å². The van der Waals surface area contributed by atoms with Crippen LogP contribution in [0.3, 0.4) is 0 Å². The van der Waals surface area contributed by atoms with Crippen molar-refractivity contribution < 1.29 is 9.53 Å². The smallest absolute Gasteiger partial charge is 0.248 e. The fourth-order valence-electron chi connectivity index (χ4n) is 3.69. The minimum atomic E-state index is -0.483. The molecule has 7 nitrogen and oxygen atoms in total. The molecule has 2 aromatic carbocycles. The zero-order valence-corrected chi connectivity index (χ0v) is 19.3. The highest BCUT2D eigenvalue weighted by atomic mass is 32.2. The van der Waals surface area contributed by atoms with E-state index in [-0.39, 0.29) is 0 Å². The van der Waals surface area contributed by atoms with Crippen LogP contribution in [-0.2, 0) is 11.4 Å². The predicted molar refractivity (Wildman–Crippen MR) is 127 cm³/mol. The first-order valence-corrected chi connectivity index (χ1v) is 11.6. The van der Waals surface area contributed by atoms with Crippen molar-refractivity contribution in [1.82, 2.24) is 14.8 Å². The first-order chi connectivity index (χ1) is 15.5. The van der Waals surface area contributed by atoms with E-state index in [2.05, 4.69) is 41.4 Å².